The number of benzene rings is 1. The molecule has 18 heavy (non-hydrogen) atoms. The molecule has 0 saturated carbocycles. The number of aromatic nitrogens is 1. The third kappa shape index (κ3) is 2.98. The minimum absolute atomic E-state index is 0.198. The lowest BCUT2D eigenvalue weighted by molar-refractivity contribution is 0.462. The van der Waals surface area contributed by atoms with Crippen LogP contribution in [0.1, 0.15) is 0 Å². The molecule has 0 aliphatic heterocycles. The highest BCUT2D eigenvalue weighted by molar-refractivity contribution is 7.90. The molecule has 2 N–H and O–H groups in total. The molecule has 1 aromatic heterocycles. The van der Waals surface area contributed by atoms with E-state index in [4.69, 9.17) is 10.5 Å². The van der Waals surface area contributed by atoms with E-state index >= 15 is 0 Å². The Bertz CT molecular complexity index is 669. The van der Waals surface area contributed by atoms with Gasteiger partial charge in [-0.3, -0.25) is 0 Å². The molecule has 2 rings (SSSR count). The van der Waals surface area contributed by atoms with E-state index in [0.29, 0.717) is 17.4 Å². The van der Waals surface area contributed by atoms with Gasteiger partial charge in [-0.1, -0.05) is 12.1 Å². The van der Waals surface area contributed by atoms with Gasteiger partial charge in [0.05, 0.1) is 4.90 Å². The molecular formula is C12H12N2O3S. The predicted octanol–water partition coefficient (Wildman–Crippen LogP) is 1.86. The maximum absolute atomic E-state index is 11.4. The van der Waals surface area contributed by atoms with Gasteiger partial charge in [-0.05, 0) is 24.3 Å². The number of anilines is 1. The summed E-state index contributed by atoms with van der Waals surface area (Å²) in [6.45, 7) is 0. The van der Waals surface area contributed by atoms with E-state index in [1.165, 1.54) is 12.1 Å². The second-order valence-corrected chi connectivity index (χ2v) is 5.77. The van der Waals surface area contributed by atoms with Crippen LogP contribution in [-0.2, 0) is 9.84 Å². The molecular weight excluding hydrogens is 252 g/mol. The number of hydrogen-bond acceptors (Lipinski definition) is 5. The van der Waals surface area contributed by atoms with Crippen molar-refractivity contribution < 1.29 is 13.2 Å². The summed E-state index contributed by atoms with van der Waals surface area (Å²) in [4.78, 5) is 4.16. The van der Waals surface area contributed by atoms with E-state index in [-0.39, 0.29) is 4.90 Å². The van der Waals surface area contributed by atoms with Crippen LogP contribution in [0.3, 0.4) is 0 Å². The van der Waals surface area contributed by atoms with Crippen LogP contribution in [0.25, 0.3) is 0 Å². The van der Waals surface area contributed by atoms with Crippen molar-refractivity contribution in [3.8, 4) is 11.6 Å². The summed E-state index contributed by atoms with van der Waals surface area (Å²) >= 11 is 0. The number of sulfone groups is 1. The van der Waals surface area contributed by atoms with Crippen molar-refractivity contribution in [3.63, 3.8) is 0 Å². The Morgan fingerprint density at radius 2 is 1.89 bits per heavy atom. The molecule has 2 aromatic rings. The fourth-order valence-corrected chi connectivity index (χ4v) is 2.03. The maximum atomic E-state index is 11.4. The second kappa shape index (κ2) is 4.66. The zero-order chi connectivity index (χ0) is 13.2. The van der Waals surface area contributed by atoms with Crippen LogP contribution in [0.15, 0.2) is 47.4 Å². The summed E-state index contributed by atoms with van der Waals surface area (Å²) in [5, 5.41) is 0. The van der Waals surface area contributed by atoms with Gasteiger partial charge < -0.3 is 10.5 Å². The maximum Gasteiger partial charge on any atom is 0.221 e. The quantitative estimate of drug-likeness (QED) is 0.915. The number of pyridine rings is 1. The SMILES string of the molecule is CS(=O)(=O)c1cccc(Oc2cccc(N)n2)c1. The summed E-state index contributed by atoms with van der Waals surface area (Å²) in [6.07, 6.45) is 1.14. The van der Waals surface area contributed by atoms with Crippen molar-refractivity contribution in [2.45, 2.75) is 4.90 Å². The zero-order valence-electron chi connectivity index (χ0n) is 9.70. The van der Waals surface area contributed by atoms with Crippen LogP contribution in [0, 0.1) is 0 Å². The Labute approximate surface area is 105 Å². The fourth-order valence-electron chi connectivity index (χ4n) is 1.38. The van der Waals surface area contributed by atoms with Gasteiger partial charge in [-0.25, -0.2) is 8.42 Å². The molecule has 0 unspecified atom stereocenters. The van der Waals surface area contributed by atoms with Crippen molar-refractivity contribution >= 4 is 15.7 Å². The number of nitrogens with zero attached hydrogens (tertiary/aromatic N) is 1. The number of nitrogens with two attached hydrogens (primary N) is 1. The van der Waals surface area contributed by atoms with Crippen LogP contribution in [-0.4, -0.2) is 19.7 Å². The van der Waals surface area contributed by atoms with Crippen molar-refractivity contribution in [2.24, 2.45) is 0 Å². The highest BCUT2D eigenvalue weighted by Crippen LogP contribution is 2.22. The van der Waals surface area contributed by atoms with E-state index in [1.54, 1.807) is 30.3 Å². The average molecular weight is 264 g/mol. The van der Waals surface area contributed by atoms with E-state index in [9.17, 15) is 8.42 Å². The van der Waals surface area contributed by atoms with Crippen LogP contribution < -0.4 is 10.5 Å². The molecule has 0 spiro atoms. The van der Waals surface area contributed by atoms with Crippen LogP contribution in [0.5, 0.6) is 11.6 Å². The largest absolute Gasteiger partial charge is 0.439 e. The minimum Gasteiger partial charge on any atom is -0.439 e. The molecule has 0 atom stereocenters. The zero-order valence-corrected chi connectivity index (χ0v) is 10.5. The molecule has 0 radical (unpaired) electrons. The van der Waals surface area contributed by atoms with Crippen molar-refractivity contribution in [2.75, 3.05) is 12.0 Å². The van der Waals surface area contributed by atoms with Crippen LogP contribution in [0.2, 0.25) is 0 Å². The standard InChI is InChI=1S/C12H12N2O3S/c1-18(15,16)10-5-2-4-9(8-10)17-12-7-3-6-11(13)14-12/h2-8H,1H3,(H2,13,14). The van der Waals surface area contributed by atoms with Gasteiger partial charge in [0.25, 0.3) is 0 Å². The first-order valence-electron chi connectivity index (χ1n) is 5.16. The molecule has 0 amide bonds. The smallest absolute Gasteiger partial charge is 0.221 e. The first-order valence-corrected chi connectivity index (χ1v) is 7.05. The lowest BCUT2D eigenvalue weighted by Crippen LogP contribution is -1.97. The van der Waals surface area contributed by atoms with E-state index < -0.39 is 9.84 Å². The van der Waals surface area contributed by atoms with Crippen molar-refractivity contribution in [1.82, 2.24) is 4.98 Å². The van der Waals surface area contributed by atoms with Crippen molar-refractivity contribution in [3.05, 3.63) is 42.5 Å². The Kier molecular flexibility index (Phi) is 3.20. The van der Waals surface area contributed by atoms with Gasteiger partial charge >= 0.3 is 0 Å². The Morgan fingerprint density at radius 3 is 2.56 bits per heavy atom. The van der Waals surface area contributed by atoms with Crippen molar-refractivity contribution in [1.29, 1.82) is 0 Å². The monoisotopic (exact) mass is 264 g/mol. The molecule has 1 aromatic carbocycles. The average Bonchev–Trinajstić information content (AvgIpc) is 2.28. The predicted molar refractivity (Wildman–Crippen MR) is 68.3 cm³/mol. The lowest BCUT2D eigenvalue weighted by Gasteiger charge is -2.06. The highest BCUT2D eigenvalue weighted by Gasteiger charge is 2.08. The summed E-state index contributed by atoms with van der Waals surface area (Å²) in [5.41, 5.74) is 5.52. The van der Waals surface area contributed by atoms with Gasteiger partial charge in [-0.2, -0.15) is 4.98 Å². The molecule has 0 bridgehead atoms. The highest BCUT2D eigenvalue weighted by atomic mass is 32.2. The van der Waals surface area contributed by atoms with Gasteiger partial charge in [0.15, 0.2) is 9.84 Å². The number of ether oxygens (including phenoxy) is 1. The summed E-state index contributed by atoms with van der Waals surface area (Å²) in [7, 11) is -3.25. The van der Waals surface area contributed by atoms with E-state index in [2.05, 4.69) is 4.98 Å². The fraction of sp³-hybridized carbons (Fsp3) is 0.0833. The third-order valence-corrected chi connectivity index (χ3v) is 3.31. The first-order chi connectivity index (χ1) is 8.45. The molecule has 5 nitrogen and oxygen atoms in total. The van der Waals surface area contributed by atoms with Gasteiger partial charge in [-0.15, -0.1) is 0 Å². The first kappa shape index (κ1) is 12.4. The number of hydrogen-bond donors (Lipinski definition) is 1. The van der Waals surface area contributed by atoms with E-state index in [1.807, 2.05) is 0 Å². The molecule has 1 heterocycles. The summed E-state index contributed by atoms with van der Waals surface area (Å²) in [5.74, 6) is 1.06. The normalized spacial score (nSPS) is 11.2. The number of rotatable bonds is 3. The Balaban J connectivity index is 2.30. The minimum atomic E-state index is -3.25. The van der Waals surface area contributed by atoms with Gasteiger partial charge in [0.1, 0.15) is 11.6 Å². The molecule has 0 aliphatic rings. The topological polar surface area (TPSA) is 82.3 Å². The molecule has 0 fully saturated rings. The third-order valence-electron chi connectivity index (χ3n) is 2.20. The Hall–Kier alpha value is -2.08. The summed E-state index contributed by atoms with van der Waals surface area (Å²) in [6, 6.07) is 11.2. The second-order valence-electron chi connectivity index (χ2n) is 3.75. The van der Waals surface area contributed by atoms with Crippen LogP contribution in [0.4, 0.5) is 5.82 Å². The van der Waals surface area contributed by atoms with Gasteiger partial charge in [0.2, 0.25) is 5.88 Å². The Morgan fingerprint density at radius 1 is 1.17 bits per heavy atom. The molecule has 0 aliphatic carbocycles. The lowest BCUT2D eigenvalue weighted by atomic mass is 10.3. The summed E-state index contributed by atoms with van der Waals surface area (Å²) < 4.78 is 28.2. The van der Waals surface area contributed by atoms with Crippen LogP contribution >= 0.6 is 0 Å². The molecule has 94 valence electrons. The van der Waals surface area contributed by atoms with Gasteiger partial charge in [0, 0.05) is 12.3 Å². The van der Waals surface area contributed by atoms with E-state index in [0.717, 1.165) is 6.26 Å². The molecule has 6 heteroatoms. The number of nitrogen functional groups attached to an aromatic ring is 1. The molecule has 0 saturated heterocycles.